The summed E-state index contributed by atoms with van der Waals surface area (Å²) in [5.74, 6) is 0.456. The Bertz CT molecular complexity index is 649. The zero-order valence-corrected chi connectivity index (χ0v) is 15.6. The van der Waals surface area contributed by atoms with Gasteiger partial charge in [0, 0.05) is 13.1 Å². The van der Waals surface area contributed by atoms with Crippen molar-refractivity contribution in [2.75, 3.05) is 30.3 Å². The van der Waals surface area contributed by atoms with E-state index in [0.717, 1.165) is 37.2 Å². The highest BCUT2D eigenvalue weighted by Crippen LogP contribution is 2.24. The van der Waals surface area contributed by atoms with Crippen molar-refractivity contribution in [2.45, 2.75) is 39.0 Å². The highest BCUT2D eigenvalue weighted by molar-refractivity contribution is 8.14. The lowest BCUT2D eigenvalue weighted by atomic mass is 10.1. The Labute approximate surface area is 153 Å². The topological polar surface area (TPSA) is 53.0 Å². The molecule has 0 N–H and O–H groups in total. The molecule has 3 rings (SSSR count). The minimum atomic E-state index is -0.0370. The van der Waals surface area contributed by atoms with Crippen LogP contribution in [0, 0.1) is 6.92 Å². The third kappa shape index (κ3) is 4.63. The Balaban J connectivity index is 1.60. The van der Waals surface area contributed by atoms with Crippen LogP contribution in [-0.2, 0) is 9.59 Å². The molecule has 0 saturated carbocycles. The van der Waals surface area contributed by atoms with Gasteiger partial charge in [0.15, 0.2) is 5.17 Å². The number of hydrogen-bond acceptors (Lipinski definition) is 4. The molecule has 0 unspecified atom stereocenters. The van der Waals surface area contributed by atoms with Crippen molar-refractivity contribution < 1.29 is 9.59 Å². The van der Waals surface area contributed by atoms with Gasteiger partial charge in [0.25, 0.3) is 5.91 Å². The van der Waals surface area contributed by atoms with Crippen molar-refractivity contribution in [1.82, 2.24) is 4.90 Å². The summed E-state index contributed by atoms with van der Waals surface area (Å²) in [7, 11) is 0. The maximum atomic E-state index is 12.5. The van der Waals surface area contributed by atoms with Crippen LogP contribution in [0.1, 0.15) is 37.7 Å². The van der Waals surface area contributed by atoms with Crippen LogP contribution in [0.5, 0.6) is 0 Å². The minimum Gasteiger partial charge on any atom is -0.342 e. The second-order valence-electron chi connectivity index (χ2n) is 6.60. The molecule has 134 valence electrons. The summed E-state index contributed by atoms with van der Waals surface area (Å²) in [6, 6.07) is 7.81. The first-order valence-electron chi connectivity index (χ1n) is 9.00. The fraction of sp³-hybridized carbons (Fsp3) is 0.526. The van der Waals surface area contributed by atoms with Gasteiger partial charge < -0.3 is 4.90 Å². The van der Waals surface area contributed by atoms with Gasteiger partial charge in [0.1, 0.15) is 6.54 Å². The molecule has 1 aromatic rings. The molecule has 0 aliphatic carbocycles. The van der Waals surface area contributed by atoms with Crippen LogP contribution in [0.25, 0.3) is 0 Å². The number of rotatable bonds is 3. The third-order valence-electron chi connectivity index (χ3n) is 4.62. The second-order valence-corrected chi connectivity index (χ2v) is 7.54. The molecule has 0 aromatic heterocycles. The number of carbonyl (C=O) groups is 2. The number of benzene rings is 1. The Kier molecular flexibility index (Phi) is 6.13. The molecular formula is C19H25N3O2S. The van der Waals surface area contributed by atoms with E-state index >= 15 is 0 Å². The largest absolute Gasteiger partial charge is 0.342 e. The predicted octanol–water partition coefficient (Wildman–Crippen LogP) is 3.22. The van der Waals surface area contributed by atoms with Gasteiger partial charge in [-0.25, -0.2) is 0 Å². The highest BCUT2D eigenvalue weighted by Gasteiger charge is 2.28. The van der Waals surface area contributed by atoms with Crippen LogP contribution in [-0.4, -0.2) is 47.3 Å². The molecule has 2 amide bonds. The first kappa shape index (κ1) is 18.0. The van der Waals surface area contributed by atoms with Gasteiger partial charge in [-0.3, -0.25) is 19.5 Å². The molecule has 25 heavy (non-hydrogen) atoms. The molecule has 0 spiro atoms. The van der Waals surface area contributed by atoms with E-state index in [0.29, 0.717) is 10.9 Å². The van der Waals surface area contributed by atoms with E-state index < -0.39 is 0 Å². The molecule has 0 atom stereocenters. The van der Waals surface area contributed by atoms with Crippen LogP contribution in [0.3, 0.4) is 0 Å². The molecule has 2 aliphatic rings. The summed E-state index contributed by atoms with van der Waals surface area (Å²) < 4.78 is 0. The molecule has 0 bridgehead atoms. The van der Waals surface area contributed by atoms with Gasteiger partial charge in [-0.2, -0.15) is 0 Å². The number of anilines is 1. The number of likely N-dealkylation sites (tertiary alicyclic amines) is 1. The molecule has 2 aliphatic heterocycles. The van der Waals surface area contributed by atoms with E-state index in [9.17, 15) is 9.59 Å². The summed E-state index contributed by atoms with van der Waals surface area (Å²) in [5.41, 5.74) is 1.96. The van der Waals surface area contributed by atoms with Crippen molar-refractivity contribution in [1.29, 1.82) is 0 Å². The number of amidine groups is 1. The van der Waals surface area contributed by atoms with Crippen molar-refractivity contribution in [3.63, 3.8) is 0 Å². The highest BCUT2D eigenvalue weighted by atomic mass is 32.2. The summed E-state index contributed by atoms with van der Waals surface area (Å²) in [5, 5.41) is 0.634. The number of aryl methyl sites for hydroxylation is 1. The molecule has 6 heteroatoms. The van der Waals surface area contributed by atoms with Crippen molar-refractivity contribution in [2.24, 2.45) is 4.99 Å². The van der Waals surface area contributed by atoms with Crippen LogP contribution in [0.4, 0.5) is 5.69 Å². The van der Waals surface area contributed by atoms with Crippen LogP contribution < -0.4 is 4.90 Å². The van der Waals surface area contributed by atoms with Gasteiger partial charge in [0.2, 0.25) is 5.91 Å². The van der Waals surface area contributed by atoms with Gasteiger partial charge in [-0.05, 0) is 31.9 Å². The van der Waals surface area contributed by atoms with Crippen molar-refractivity contribution >= 4 is 34.4 Å². The van der Waals surface area contributed by atoms with E-state index in [2.05, 4.69) is 4.99 Å². The summed E-state index contributed by atoms with van der Waals surface area (Å²) in [6.45, 7) is 3.88. The van der Waals surface area contributed by atoms with Gasteiger partial charge in [0.05, 0.1) is 11.4 Å². The maximum Gasteiger partial charge on any atom is 0.254 e. The van der Waals surface area contributed by atoms with E-state index in [1.807, 2.05) is 36.1 Å². The van der Waals surface area contributed by atoms with Crippen LogP contribution >= 0.6 is 11.8 Å². The fourth-order valence-corrected chi connectivity index (χ4v) is 4.08. The molecular weight excluding hydrogens is 334 g/mol. The molecule has 1 saturated heterocycles. The molecule has 5 nitrogen and oxygen atoms in total. The number of hydrogen-bond donors (Lipinski definition) is 0. The first-order valence-corrected chi connectivity index (χ1v) is 9.98. The second kappa shape index (κ2) is 8.52. The summed E-state index contributed by atoms with van der Waals surface area (Å²) in [4.78, 5) is 32.7. The van der Waals surface area contributed by atoms with E-state index in [1.165, 1.54) is 31.0 Å². The van der Waals surface area contributed by atoms with E-state index in [1.54, 1.807) is 4.90 Å². The summed E-state index contributed by atoms with van der Waals surface area (Å²) >= 11 is 1.37. The lowest BCUT2D eigenvalue weighted by Gasteiger charge is -2.25. The van der Waals surface area contributed by atoms with Gasteiger partial charge in [-0.15, -0.1) is 0 Å². The SMILES string of the molecule is Cc1ccc(N2C(=O)CN=C2SCC(=O)N2CCCCCCC2)cc1. The van der Waals surface area contributed by atoms with Crippen LogP contribution in [0.2, 0.25) is 0 Å². The van der Waals surface area contributed by atoms with Gasteiger partial charge >= 0.3 is 0 Å². The monoisotopic (exact) mass is 359 g/mol. The minimum absolute atomic E-state index is 0.0370. The molecule has 1 aromatic carbocycles. The zero-order chi connectivity index (χ0) is 17.6. The lowest BCUT2D eigenvalue weighted by molar-refractivity contribution is -0.128. The number of amides is 2. The number of nitrogens with zero attached hydrogens (tertiary/aromatic N) is 3. The molecule has 0 radical (unpaired) electrons. The quantitative estimate of drug-likeness (QED) is 0.833. The first-order chi connectivity index (χ1) is 12.1. The van der Waals surface area contributed by atoms with E-state index in [4.69, 9.17) is 0 Å². The standard InChI is InChI=1S/C19H25N3O2S/c1-15-7-9-16(10-8-15)22-17(23)13-20-19(22)25-14-18(24)21-11-5-3-2-4-6-12-21/h7-10H,2-6,11-14H2,1H3. The third-order valence-corrected chi connectivity index (χ3v) is 5.58. The lowest BCUT2D eigenvalue weighted by Crippen LogP contribution is -2.36. The Morgan fingerprint density at radius 3 is 2.40 bits per heavy atom. The zero-order valence-electron chi connectivity index (χ0n) is 14.7. The van der Waals surface area contributed by atoms with Crippen LogP contribution in [0.15, 0.2) is 29.3 Å². The van der Waals surface area contributed by atoms with Gasteiger partial charge in [-0.1, -0.05) is 48.7 Å². The predicted molar refractivity (Wildman–Crippen MR) is 103 cm³/mol. The van der Waals surface area contributed by atoms with Crippen molar-refractivity contribution in [3.05, 3.63) is 29.8 Å². The Morgan fingerprint density at radius 1 is 1.08 bits per heavy atom. The Hall–Kier alpha value is -1.82. The normalized spacial score (nSPS) is 18.8. The average molecular weight is 359 g/mol. The summed E-state index contributed by atoms with van der Waals surface area (Å²) in [6.07, 6.45) is 5.87. The number of carbonyl (C=O) groups excluding carboxylic acids is 2. The maximum absolute atomic E-state index is 12.5. The van der Waals surface area contributed by atoms with E-state index in [-0.39, 0.29) is 18.4 Å². The molecule has 1 fully saturated rings. The number of aliphatic imine (C=N–C) groups is 1. The number of thioether (sulfide) groups is 1. The van der Waals surface area contributed by atoms with Crippen molar-refractivity contribution in [3.8, 4) is 0 Å². The fourth-order valence-electron chi connectivity index (χ4n) is 3.16. The average Bonchev–Trinajstić information content (AvgIpc) is 2.94. The molecule has 2 heterocycles. The Morgan fingerprint density at radius 2 is 1.72 bits per heavy atom. The smallest absolute Gasteiger partial charge is 0.254 e.